The molecule has 0 unspecified atom stereocenters. The molecule has 0 amide bonds. The van der Waals surface area contributed by atoms with E-state index in [4.69, 9.17) is 20.4 Å². The molecule has 2 fully saturated rings. The van der Waals surface area contributed by atoms with Gasteiger partial charge in [0.15, 0.2) is 0 Å². The van der Waals surface area contributed by atoms with Crippen molar-refractivity contribution in [3.63, 3.8) is 0 Å². The summed E-state index contributed by atoms with van der Waals surface area (Å²) in [5.41, 5.74) is 7.12. The van der Waals surface area contributed by atoms with E-state index in [-0.39, 0.29) is 29.0 Å². The van der Waals surface area contributed by atoms with Crippen LogP contribution in [0.2, 0.25) is 0 Å². The van der Waals surface area contributed by atoms with E-state index in [1.165, 1.54) is 13.0 Å². The van der Waals surface area contributed by atoms with Crippen LogP contribution >= 0.6 is 0 Å². The number of anilines is 2. The van der Waals surface area contributed by atoms with Crippen LogP contribution in [-0.2, 0) is 19.0 Å². The van der Waals surface area contributed by atoms with E-state index in [9.17, 15) is 13.2 Å². The third-order valence-corrected chi connectivity index (χ3v) is 8.43. The van der Waals surface area contributed by atoms with Crippen LogP contribution < -0.4 is 20.7 Å². The molecular formula is C27H38F3N7O. The summed E-state index contributed by atoms with van der Waals surface area (Å²) in [7, 11) is 2.09. The highest BCUT2D eigenvalue weighted by molar-refractivity contribution is 5.54. The van der Waals surface area contributed by atoms with Crippen LogP contribution in [0.25, 0.3) is 0 Å². The number of ether oxygens (including phenoxy) is 1. The van der Waals surface area contributed by atoms with Crippen LogP contribution in [0.3, 0.4) is 0 Å². The van der Waals surface area contributed by atoms with Crippen molar-refractivity contribution in [2.24, 2.45) is 5.92 Å². The van der Waals surface area contributed by atoms with Crippen LogP contribution in [0.4, 0.5) is 24.8 Å². The number of nitrogens with one attached hydrogen (secondary N) is 1. The summed E-state index contributed by atoms with van der Waals surface area (Å²) in [5, 5.41) is 3.42. The predicted molar refractivity (Wildman–Crippen MR) is 141 cm³/mol. The summed E-state index contributed by atoms with van der Waals surface area (Å²) in [5.74, 6) is 0.373. The van der Waals surface area contributed by atoms with Gasteiger partial charge in [-0.15, -0.1) is 0 Å². The Hall–Kier alpha value is -2.66. The van der Waals surface area contributed by atoms with Crippen molar-refractivity contribution in [3.8, 4) is 6.01 Å². The van der Waals surface area contributed by atoms with Gasteiger partial charge in [0.1, 0.15) is 18.2 Å². The lowest BCUT2D eigenvalue weighted by molar-refractivity contribution is -0.139. The second-order valence-corrected chi connectivity index (χ2v) is 11.2. The molecule has 3 N–H and O–H groups in total. The molecule has 1 aliphatic carbocycles. The van der Waals surface area contributed by atoms with Crippen molar-refractivity contribution in [1.82, 2.24) is 25.2 Å². The fourth-order valence-electron chi connectivity index (χ4n) is 6.29. The molecule has 4 heterocycles. The number of nitrogen functional groups attached to an aromatic ring is 1. The molecule has 0 radical (unpaired) electrons. The van der Waals surface area contributed by atoms with Crippen LogP contribution in [0, 0.1) is 12.8 Å². The van der Waals surface area contributed by atoms with Crippen LogP contribution in [-0.4, -0.2) is 71.8 Å². The van der Waals surface area contributed by atoms with Crippen molar-refractivity contribution in [2.75, 3.05) is 50.5 Å². The number of nitrogens with two attached hydrogens (primary N) is 1. The normalized spacial score (nSPS) is 26.4. The van der Waals surface area contributed by atoms with Crippen LogP contribution in [0.1, 0.15) is 60.7 Å². The second-order valence-electron chi connectivity index (χ2n) is 11.2. The number of aryl methyl sites for hydroxylation is 1. The Morgan fingerprint density at radius 2 is 1.95 bits per heavy atom. The zero-order chi connectivity index (χ0) is 27.2. The summed E-state index contributed by atoms with van der Waals surface area (Å²) in [6.07, 6.45) is -1.44. The Bertz CT molecular complexity index is 1170. The zero-order valence-corrected chi connectivity index (χ0v) is 22.6. The number of hydrogen-bond acceptors (Lipinski definition) is 8. The molecule has 3 aliphatic rings. The summed E-state index contributed by atoms with van der Waals surface area (Å²) >= 11 is 0. The fourth-order valence-corrected chi connectivity index (χ4v) is 6.29. The van der Waals surface area contributed by atoms with Gasteiger partial charge in [-0.1, -0.05) is 6.92 Å². The number of alkyl halides is 3. The molecule has 0 aromatic carbocycles. The van der Waals surface area contributed by atoms with Crippen molar-refractivity contribution < 1.29 is 17.9 Å². The van der Waals surface area contributed by atoms with Gasteiger partial charge in [0.25, 0.3) is 0 Å². The van der Waals surface area contributed by atoms with Gasteiger partial charge in [0, 0.05) is 43.2 Å². The van der Waals surface area contributed by atoms with E-state index in [0.29, 0.717) is 31.5 Å². The van der Waals surface area contributed by atoms with Gasteiger partial charge in [-0.05, 0) is 70.7 Å². The van der Waals surface area contributed by atoms with Crippen LogP contribution in [0.5, 0.6) is 6.01 Å². The topological polar surface area (TPSA) is 92.4 Å². The minimum Gasteiger partial charge on any atom is -0.462 e. The molecule has 38 heavy (non-hydrogen) atoms. The van der Waals surface area contributed by atoms with E-state index < -0.39 is 17.7 Å². The first-order valence-corrected chi connectivity index (χ1v) is 13.6. The first-order valence-electron chi connectivity index (χ1n) is 13.6. The maximum Gasteiger partial charge on any atom is 0.418 e. The Kier molecular flexibility index (Phi) is 7.43. The molecule has 2 aliphatic heterocycles. The quantitative estimate of drug-likeness (QED) is 0.603. The highest BCUT2D eigenvalue weighted by Gasteiger charge is 2.42. The monoisotopic (exact) mass is 533 g/mol. The lowest BCUT2D eigenvalue weighted by Crippen LogP contribution is -2.50. The number of hydrogen-bond donors (Lipinski definition) is 2. The Labute approximate surface area is 222 Å². The number of aromatic nitrogens is 3. The van der Waals surface area contributed by atoms with E-state index in [0.717, 1.165) is 56.1 Å². The van der Waals surface area contributed by atoms with Gasteiger partial charge in [-0.3, -0.25) is 0 Å². The van der Waals surface area contributed by atoms with Gasteiger partial charge < -0.3 is 25.6 Å². The van der Waals surface area contributed by atoms with Gasteiger partial charge in [0.2, 0.25) is 0 Å². The molecule has 2 aromatic rings. The molecule has 5 rings (SSSR count). The number of rotatable bonds is 5. The van der Waals surface area contributed by atoms with E-state index in [2.05, 4.69) is 34.1 Å². The smallest absolute Gasteiger partial charge is 0.418 e. The first-order chi connectivity index (χ1) is 18.0. The van der Waals surface area contributed by atoms with Crippen molar-refractivity contribution in [2.45, 2.75) is 70.6 Å². The third-order valence-electron chi connectivity index (χ3n) is 8.43. The highest BCUT2D eigenvalue weighted by atomic mass is 19.4. The number of piperazine rings is 1. The molecule has 0 spiro atoms. The summed E-state index contributed by atoms with van der Waals surface area (Å²) in [6.45, 7) is 9.58. The lowest BCUT2D eigenvalue weighted by Gasteiger charge is -2.39. The largest absolute Gasteiger partial charge is 0.462 e. The maximum absolute atomic E-state index is 14.2. The van der Waals surface area contributed by atoms with Crippen molar-refractivity contribution in [3.05, 3.63) is 34.1 Å². The summed E-state index contributed by atoms with van der Waals surface area (Å²) in [6, 6.07) is 2.12. The van der Waals surface area contributed by atoms with Gasteiger partial charge in [-0.25, -0.2) is 4.98 Å². The van der Waals surface area contributed by atoms with Crippen molar-refractivity contribution in [1.29, 1.82) is 0 Å². The SMILES string of the molecule is Cc1cc(N)nc([C@@H]2Cc3nc(OC[C@@H]4CCCN4C)nc(N4CCNC[C@@H]4C)c3C[C@H]2C)c1C(F)(F)F. The third kappa shape index (κ3) is 5.27. The van der Waals surface area contributed by atoms with E-state index in [1.54, 1.807) is 0 Å². The van der Waals surface area contributed by atoms with E-state index >= 15 is 0 Å². The van der Waals surface area contributed by atoms with Gasteiger partial charge in [-0.2, -0.15) is 23.1 Å². The van der Waals surface area contributed by atoms with Crippen LogP contribution in [0.15, 0.2) is 6.07 Å². The average Bonchev–Trinajstić information content (AvgIpc) is 3.25. The average molecular weight is 534 g/mol. The number of fused-ring (bicyclic) bond motifs is 1. The number of pyridine rings is 1. The molecule has 208 valence electrons. The highest BCUT2D eigenvalue weighted by Crippen LogP contribution is 2.45. The molecule has 2 saturated heterocycles. The molecule has 2 aromatic heterocycles. The fraction of sp³-hybridized carbons (Fsp3) is 0.667. The summed E-state index contributed by atoms with van der Waals surface area (Å²) in [4.78, 5) is 18.5. The molecule has 8 nitrogen and oxygen atoms in total. The standard InChI is InChI=1S/C27H38F3N7O/c1-15-10-20-21(12-19(15)24-23(27(28,29)30)16(2)11-22(31)34-24)33-26(38-14-18-6-5-8-36(18)4)35-25(20)37-9-7-32-13-17(37)3/h11,15,17-19,32H,5-10,12-14H2,1-4H3,(H2,31,34)/t15-,17+,18+,19-/m1/s1. The Balaban J connectivity index is 1.54. The van der Waals surface area contributed by atoms with Gasteiger partial charge in [0.05, 0.1) is 17.0 Å². The lowest BCUT2D eigenvalue weighted by atomic mass is 9.75. The molecule has 11 heteroatoms. The number of likely N-dealkylation sites (tertiary alicyclic amines) is 1. The first kappa shape index (κ1) is 26.9. The van der Waals surface area contributed by atoms with Gasteiger partial charge >= 0.3 is 12.2 Å². The van der Waals surface area contributed by atoms with Crippen molar-refractivity contribution >= 4 is 11.6 Å². The number of nitrogens with zero attached hydrogens (tertiary/aromatic N) is 5. The Morgan fingerprint density at radius 3 is 2.63 bits per heavy atom. The molecule has 4 atom stereocenters. The Morgan fingerprint density at radius 1 is 1.16 bits per heavy atom. The molecular weight excluding hydrogens is 495 g/mol. The second kappa shape index (κ2) is 10.5. The molecule has 0 bridgehead atoms. The molecule has 0 saturated carbocycles. The minimum absolute atomic E-state index is 0.0129. The summed E-state index contributed by atoms with van der Waals surface area (Å²) < 4.78 is 48.7. The minimum atomic E-state index is -4.52. The zero-order valence-electron chi connectivity index (χ0n) is 22.6. The maximum atomic E-state index is 14.2. The number of halogens is 3. The number of likely N-dealkylation sites (N-methyl/N-ethyl adjacent to an activating group) is 1. The van der Waals surface area contributed by atoms with E-state index in [1.807, 2.05) is 6.92 Å². The predicted octanol–water partition coefficient (Wildman–Crippen LogP) is 3.57.